The lowest BCUT2D eigenvalue weighted by Crippen LogP contribution is -2.36. The zero-order valence-corrected chi connectivity index (χ0v) is 15.8. The highest BCUT2D eigenvalue weighted by atomic mass is 19.1. The molecule has 1 amide bonds. The molecule has 0 aliphatic carbocycles. The topological polar surface area (TPSA) is 66.5 Å². The molecule has 1 aliphatic rings. The van der Waals surface area contributed by atoms with Crippen LogP contribution in [-0.2, 0) is 4.74 Å². The molecule has 7 heteroatoms. The highest BCUT2D eigenvalue weighted by Crippen LogP contribution is 2.29. The Morgan fingerprint density at radius 3 is 2.62 bits per heavy atom. The lowest BCUT2D eigenvalue weighted by molar-refractivity contribution is 0.102. The number of carbonyl (C=O) groups is 1. The monoisotopic (exact) mass is 392 g/mol. The van der Waals surface area contributed by atoms with E-state index in [0.29, 0.717) is 5.82 Å². The molecule has 0 unspecified atom stereocenters. The number of halogens is 1. The number of amides is 1. The molecule has 29 heavy (non-hydrogen) atoms. The van der Waals surface area contributed by atoms with Gasteiger partial charge in [0.1, 0.15) is 11.6 Å². The van der Waals surface area contributed by atoms with Crippen LogP contribution in [0.15, 0.2) is 66.9 Å². The molecule has 1 saturated heterocycles. The number of rotatable bonds is 5. The van der Waals surface area contributed by atoms with Gasteiger partial charge >= 0.3 is 0 Å². The van der Waals surface area contributed by atoms with Crippen molar-refractivity contribution in [3.8, 4) is 0 Å². The van der Waals surface area contributed by atoms with Gasteiger partial charge in [-0.3, -0.25) is 4.79 Å². The fraction of sp³-hybridized carbons (Fsp3) is 0.182. The van der Waals surface area contributed by atoms with Crippen molar-refractivity contribution in [2.24, 2.45) is 0 Å². The van der Waals surface area contributed by atoms with Crippen molar-refractivity contribution in [1.82, 2.24) is 4.98 Å². The molecule has 0 bridgehead atoms. The molecule has 148 valence electrons. The normalized spacial score (nSPS) is 13.8. The first kappa shape index (κ1) is 18.9. The second-order valence-corrected chi connectivity index (χ2v) is 6.64. The van der Waals surface area contributed by atoms with E-state index in [1.807, 2.05) is 24.3 Å². The SMILES string of the molecule is O=C(Nc1ccc(Nc2ccccc2N2CCOCC2)cn1)c1cccc(F)c1. The Bertz CT molecular complexity index is 988. The van der Waals surface area contributed by atoms with Gasteiger partial charge in [-0.05, 0) is 42.5 Å². The molecule has 4 rings (SSSR count). The standard InChI is InChI=1S/C22H21FN4O2/c23-17-5-3-4-16(14-17)22(28)26-21-9-8-18(15-24-21)25-19-6-1-2-7-20(19)27-10-12-29-13-11-27/h1-9,14-15,25H,10-13H2,(H,24,26,28). The maximum atomic E-state index is 13.3. The highest BCUT2D eigenvalue weighted by Gasteiger charge is 2.14. The van der Waals surface area contributed by atoms with Crippen LogP contribution in [0.5, 0.6) is 0 Å². The minimum absolute atomic E-state index is 0.244. The number of benzene rings is 2. The second-order valence-electron chi connectivity index (χ2n) is 6.64. The molecule has 2 heterocycles. The molecule has 2 N–H and O–H groups in total. The fourth-order valence-corrected chi connectivity index (χ4v) is 3.17. The summed E-state index contributed by atoms with van der Waals surface area (Å²) < 4.78 is 18.7. The van der Waals surface area contributed by atoms with Gasteiger partial charge in [0.25, 0.3) is 5.91 Å². The van der Waals surface area contributed by atoms with Crippen LogP contribution in [-0.4, -0.2) is 37.2 Å². The Labute approximate surface area is 168 Å². The van der Waals surface area contributed by atoms with Gasteiger partial charge in [-0.15, -0.1) is 0 Å². The number of pyridine rings is 1. The third-order valence-electron chi connectivity index (χ3n) is 4.63. The first-order chi connectivity index (χ1) is 14.2. The van der Waals surface area contributed by atoms with E-state index < -0.39 is 11.7 Å². The predicted molar refractivity (Wildman–Crippen MR) is 111 cm³/mol. The molecular formula is C22H21FN4O2. The summed E-state index contributed by atoms with van der Waals surface area (Å²) in [4.78, 5) is 18.8. The van der Waals surface area contributed by atoms with Gasteiger partial charge < -0.3 is 20.3 Å². The Hall–Kier alpha value is -3.45. The summed E-state index contributed by atoms with van der Waals surface area (Å²) in [5.74, 6) is -0.467. The molecule has 2 aromatic carbocycles. The van der Waals surface area contributed by atoms with Crippen molar-refractivity contribution in [2.45, 2.75) is 0 Å². The molecular weight excluding hydrogens is 371 g/mol. The lowest BCUT2D eigenvalue weighted by Gasteiger charge is -2.30. The molecule has 1 fully saturated rings. The Kier molecular flexibility index (Phi) is 5.67. The van der Waals surface area contributed by atoms with Crippen LogP contribution in [0.3, 0.4) is 0 Å². The first-order valence-electron chi connectivity index (χ1n) is 9.41. The number of nitrogens with one attached hydrogen (secondary N) is 2. The van der Waals surface area contributed by atoms with Gasteiger partial charge in [-0.25, -0.2) is 9.37 Å². The fourth-order valence-electron chi connectivity index (χ4n) is 3.17. The van der Waals surface area contributed by atoms with E-state index in [-0.39, 0.29) is 5.56 Å². The average Bonchev–Trinajstić information content (AvgIpc) is 2.76. The maximum absolute atomic E-state index is 13.3. The quantitative estimate of drug-likeness (QED) is 0.686. The molecule has 1 aliphatic heterocycles. The largest absolute Gasteiger partial charge is 0.378 e. The summed E-state index contributed by atoms with van der Waals surface area (Å²) in [6.07, 6.45) is 1.65. The van der Waals surface area contributed by atoms with Crippen molar-refractivity contribution in [3.63, 3.8) is 0 Å². The molecule has 0 saturated carbocycles. The number of anilines is 4. The molecule has 0 radical (unpaired) electrons. The summed E-state index contributed by atoms with van der Waals surface area (Å²) >= 11 is 0. The number of hydrogen-bond donors (Lipinski definition) is 2. The van der Waals surface area contributed by atoms with Crippen LogP contribution in [0.1, 0.15) is 10.4 Å². The molecule has 6 nitrogen and oxygen atoms in total. The van der Waals surface area contributed by atoms with Crippen molar-refractivity contribution >= 4 is 28.8 Å². The van der Waals surface area contributed by atoms with Gasteiger partial charge in [0.05, 0.1) is 36.5 Å². The third-order valence-corrected chi connectivity index (χ3v) is 4.63. The van der Waals surface area contributed by atoms with Crippen LogP contribution in [0, 0.1) is 5.82 Å². The number of carbonyl (C=O) groups excluding carboxylic acids is 1. The van der Waals surface area contributed by atoms with E-state index in [1.165, 1.54) is 18.2 Å². The zero-order valence-electron chi connectivity index (χ0n) is 15.8. The zero-order chi connectivity index (χ0) is 20.1. The first-order valence-corrected chi connectivity index (χ1v) is 9.41. The van der Waals surface area contributed by atoms with Crippen molar-refractivity contribution in [2.75, 3.05) is 41.8 Å². The van der Waals surface area contributed by atoms with Gasteiger partial charge in [0, 0.05) is 18.7 Å². The van der Waals surface area contributed by atoms with E-state index in [1.54, 1.807) is 18.3 Å². The molecule has 0 spiro atoms. The summed E-state index contributed by atoms with van der Waals surface area (Å²) in [6, 6.07) is 17.2. The highest BCUT2D eigenvalue weighted by molar-refractivity contribution is 6.03. The maximum Gasteiger partial charge on any atom is 0.256 e. The van der Waals surface area contributed by atoms with Gasteiger partial charge in [-0.2, -0.15) is 0 Å². The Morgan fingerprint density at radius 1 is 1.03 bits per heavy atom. The van der Waals surface area contributed by atoms with Gasteiger partial charge in [0.15, 0.2) is 0 Å². The summed E-state index contributed by atoms with van der Waals surface area (Å²) in [7, 11) is 0. The minimum Gasteiger partial charge on any atom is -0.378 e. The van der Waals surface area contributed by atoms with E-state index in [2.05, 4.69) is 26.6 Å². The number of hydrogen-bond acceptors (Lipinski definition) is 5. The van der Waals surface area contributed by atoms with Gasteiger partial charge in [0.2, 0.25) is 0 Å². The van der Waals surface area contributed by atoms with E-state index in [9.17, 15) is 9.18 Å². The lowest BCUT2D eigenvalue weighted by atomic mass is 10.2. The number of morpholine rings is 1. The summed E-state index contributed by atoms with van der Waals surface area (Å²) in [6.45, 7) is 3.13. The van der Waals surface area contributed by atoms with Gasteiger partial charge in [-0.1, -0.05) is 18.2 Å². The van der Waals surface area contributed by atoms with E-state index in [0.717, 1.165) is 43.4 Å². The van der Waals surface area contributed by atoms with Crippen LogP contribution >= 0.6 is 0 Å². The van der Waals surface area contributed by atoms with Crippen molar-refractivity contribution in [1.29, 1.82) is 0 Å². The Balaban J connectivity index is 1.44. The third kappa shape index (κ3) is 4.70. The number of aromatic nitrogens is 1. The van der Waals surface area contributed by atoms with E-state index in [4.69, 9.17) is 4.74 Å². The minimum atomic E-state index is -0.455. The summed E-state index contributed by atoms with van der Waals surface area (Å²) in [5, 5.41) is 6.06. The average molecular weight is 392 g/mol. The Morgan fingerprint density at radius 2 is 1.86 bits per heavy atom. The van der Waals surface area contributed by atoms with Crippen LogP contribution in [0.25, 0.3) is 0 Å². The molecule has 0 atom stereocenters. The van der Waals surface area contributed by atoms with Crippen molar-refractivity contribution in [3.05, 3.63) is 78.2 Å². The molecule has 3 aromatic rings. The molecule has 1 aromatic heterocycles. The van der Waals surface area contributed by atoms with E-state index >= 15 is 0 Å². The van der Waals surface area contributed by atoms with Crippen LogP contribution in [0.4, 0.5) is 27.3 Å². The van der Waals surface area contributed by atoms with Crippen molar-refractivity contribution < 1.29 is 13.9 Å². The number of ether oxygens (including phenoxy) is 1. The predicted octanol–water partition coefficient (Wildman–Crippen LogP) is 4.05. The smallest absolute Gasteiger partial charge is 0.256 e. The second kappa shape index (κ2) is 8.70. The van der Waals surface area contributed by atoms with Crippen LogP contribution < -0.4 is 15.5 Å². The number of nitrogens with zero attached hydrogens (tertiary/aromatic N) is 2. The number of para-hydroxylation sites is 2. The summed E-state index contributed by atoms with van der Waals surface area (Å²) in [5.41, 5.74) is 3.13. The van der Waals surface area contributed by atoms with Crippen LogP contribution in [0.2, 0.25) is 0 Å².